The van der Waals surface area contributed by atoms with Crippen LogP contribution >= 0.6 is 0 Å². The largest absolute Gasteiger partial charge is 0.0616 e. The molecule has 0 saturated heterocycles. The molecule has 1 aliphatic rings. The standard InChI is InChI=1S/C38H22/c1-2-11-31-30(10-1)33-13-5-12-32-29(20-21-35(31)38(32)33)27-9-4-8-26(22-27)28-18-16-25-15-14-23-6-3-7-24-17-19-34(28)37(25)36(23)24/h1-22H. The third kappa shape index (κ3) is 2.59. The molecule has 0 aromatic heterocycles. The average molecular weight is 479 g/mol. The summed E-state index contributed by atoms with van der Waals surface area (Å²) in [5.74, 6) is 0. The van der Waals surface area contributed by atoms with Gasteiger partial charge in [-0.1, -0.05) is 127 Å². The summed E-state index contributed by atoms with van der Waals surface area (Å²) >= 11 is 0. The molecule has 0 heteroatoms. The maximum atomic E-state index is 2.37. The number of benzene rings is 8. The van der Waals surface area contributed by atoms with Crippen LogP contribution in [0.1, 0.15) is 0 Å². The van der Waals surface area contributed by atoms with E-state index >= 15 is 0 Å². The quantitative estimate of drug-likeness (QED) is 0.217. The maximum absolute atomic E-state index is 2.37. The summed E-state index contributed by atoms with van der Waals surface area (Å²) in [5, 5.41) is 10.7. The van der Waals surface area contributed by atoms with Crippen LogP contribution in [0.3, 0.4) is 0 Å². The van der Waals surface area contributed by atoms with Crippen molar-refractivity contribution in [2.75, 3.05) is 0 Å². The molecular weight excluding hydrogens is 456 g/mol. The molecule has 174 valence electrons. The summed E-state index contributed by atoms with van der Waals surface area (Å²) in [5.41, 5.74) is 10.5. The fraction of sp³-hybridized carbons (Fsp3) is 0. The van der Waals surface area contributed by atoms with Crippen molar-refractivity contribution in [3.63, 3.8) is 0 Å². The van der Waals surface area contributed by atoms with Crippen LogP contribution in [-0.2, 0) is 0 Å². The van der Waals surface area contributed by atoms with Gasteiger partial charge in [-0.05, 0) is 93.7 Å². The molecule has 0 N–H and O–H groups in total. The summed E-state index contributed by atoms with van der Waals surface area (Å²) < 4.78 is 0. The molecule has 8 aromatic rings. The lowest BCUT2D eigenvalue weighted by Gasteiger charge is -2.15. The normalized spacial score (nSPS) is 12.2. The molecule has 9 rings (SSSR count). The van der Waals surface area contributed by atoms with Gasteiger partial charge in [-0.25, -0.2) is 0 Å². The fourth-order valence-corrected chi connectivity index (χ4v) is 6.90. The monoisotopic (exact) mass is 478 g/mol. The van der Waals surface area contributed by atoms with Gasteiger partial charge in [-0.3, -0.25) is 0 Å². The SMILES string of the molecule is c1cc(-c2ccc3c4c(cccc24)-c2ccccc2-3)cc(-c2ccc3ccc4cccc5ccc2c3c45)c1. The summed E-state index contributed by atoms with van der Waals surface area (Å²) in [6.07, 6.45) is 0. The molecule has 1 aliphatic carbocycles. The van der Waals surface area contributed by atoms with Crippen LogP contribution in [0.4, 0.5) is 0 Å². The van der Waals surface area contributed by atoms with E-state index in [9.17, 15) is 0 Å². The molecule has 0 bridgehead atoms. The lowest BCUT2D eigenvalue weighted by Crippen LogP contribution is -1.88. The maximum Gasteiger partial charge on any atom is -0.00201 e. The van der Waals surface area contributed by atoms with Gasteiger partial charge < -0.3 is 0 Å². The number of hydrogen-bond acceptors (Lipinski definition) is 0. The van der Waals surface area contributed by atoms with Crippen LogP contribution in [0.25, 0.3) is 87.6 Å². The van der Waals surface area contributed by atoms with Crippen LogP contribution < -0.4 is 0 Å². The molecule has 0 amide bonds. The van der Waals surface area contributed by atoms with Crippen LogP contribution in [0, 0.1) is 0 Å². The molecule has 0 nitrogen and oxygen atoms in total. The zero-order chi connectivity index (χ0) is 24.8. The third-order valence-electron chi connectivity index (χ3n) is 8.56. The van der Waals surface area contributed by atoms with Crippen molar-refractivity contribution < 1.29 is 0 Å². The lowest BCUT2D eigenvalue weighted by molar-refractivity contribution is 1.63. The predicted octanol–water partition coefficient (Wildman–Crippen LogP) is 10.7. The topological polar surface area (TPSA) is 0 Å². The van der Waals surface area contributed by atoms with Gasteiger partial charge in [0.2, 0.25) is 0 Å². The van der Waals surface area contributed by atoms with E-state index in [4.69, 9.17) is 0 Å². The van der Waals surface area contributed by atoms with E-state index in [1.165, 1.54) is 87.6 Å². The number of hydrogen-bond donors (Lipinski definition) is 0. The Morgan fingerprint density at radius 2 is 0.763 bits per heavy atom. The number of rotatable bonds is 2. The van der Waals surface area contributed by atoms with E-state index in [2.05, 4.69) is 133 Å². The van der Waals surface area contributed by atoms with Crippen molar-refractivity contribution in [3.8, 4) is 44.5 Å². The summed E-state index contributed by atoms with van der Waals surface area (Å²) in [6.45, 7) is 0. The molecule has 0 atom stereocenters. The van der Waals surface area contributed by atoms with E-state index < -0.39 is 0 Å². The second kappa shape index (κ2) is 7.31. The predicted molar refractivity (Wildman–Crippen MR) is 163 cm³/mol. The summed E-state index contributed by atoms with van der Waals surface area (Å²) in [4.78, 5) is 0. The highest BCUT2D eigenvalue weighted by molar-refractivity contribution is 6.25. The molecule has 38 heavy (non-hydrogen) atoms. The first-order valence-corrected chi connectivity index (χ1v) is 13.3. The van der Waals surface area contributed by atoms with Crippen molar-refractivity contribution in [3.05, 3.63) is 133 Å². The van der Waals surface area contributed by atoms with Crippen molar-refractivity contribution in [2.45, 2.75) is 0 Å². The van der Waals surface area contributed by atoms with Gasteiger partial charge in [0.15, 0.2) is 0 Å². The minimum absolute atomic E-state index is 1.26. The van der Waals surface area contributed by atoms with Gasteiger partial charge >= 0.3 is 0 Å². The Morgan fingerprint density at radius 3 is 1.53 bits per heavy atom. The molecule has 0 spiro atoms. The zero-order valence-electron chi connectivity index (χ0n) is 20.7. The lowest BCUT2D eigenvalue weighted by atomic mass is 9.88. The Labute approximate surface area is 220 Å². The Kier molecular flexibility index (Phi) is 3.88. The fourth-order valence-electron chi connectivity index (χ4n) is 6.90. The Bertz CT molecular complexity index is 2190. The molecular formula is C38H22. The summed E-state index contributed by atoms with van der Waals surface area (Å²) in [6, 6.07) is 49.5. The molecule has 8 aromatic carbocycles. The van der Waals surface area contributed by atoms with E-state index in [-0.39, 0.29) is 0 Å². The average Bonchev–Trinajstić information content (AvgIpc) is 3.31. The van der Waals surface area contributed by atoms with Crippen LogP contribution in [0.5, 0.6) is 0 Å². The molecule has 0 heterocycles. The van der Waals surface area contributed by atoms with Gasteiger partial charge in [0.05, 0.1) is 0 Å². The van der Waals surface area contributed by atoms with E-state index in [0.29, 0.717) is 0 Å². The minimum Gasteiger partial charge on any atom is -0.0616 e. The van der Waals surface area contributed by atoms with Crippen molar-refractivity contribution in [2.24, 2.45) is 0 Å². The van der Waals surface area contributed by atoms with Gasteiger partial charge in [0.25, 0.3) is 0 Å². The van der Waals surface area contributed by atoms with Crippen LogP contribution in [0.15, 0.2) is 133 Å². The Balaban J connectivity index is 1.27. The molecule has 0 saturated carbocycles. The highest BCUT2D eigenvalue weighted by Crippen LogP contribution is 2.49. The smallest absolute Gasteiger partial charge is 0.00201 e. The van der Waals surface area contributed by atoms with Crippen LogP contribution in [-0.4, -0.2) is 0 Å². The molecule has 0 radical (unpaired) electrons. The highest BCUT2D eigenvalue weighted by Gasteiger charge is 2.22. The number of fused-ring (bicyclic) bond motifs is 3. The first kappa shape index (κ1) is 20.2. The van der Waals surface area contributed by atoms with Gasteiger partial charge in [-0.2, -0.15) is 0 Å². The minimum atomic E-state index is 1.26. The second-order valence-corrected chi connectivity index (χ2v) is 10.5. The Hall–Kier alpha value is -4.94. The zero-order valence-corrected chi connectivity index (χ0v) is 20.7. The van der Waals surface area contributed by atoms with Gasteiger partial charge in [-0.15, -0.1) is 0 Å². The third-order valence-corrected chi connectivity index (χ3v) is 8.56. The molecule has 0 aliphatic heterocycles. The van der Waals surface area contributed by atoms with Gasteiger partial charge in [0.1, 0.15) is 0 Å². The van der Waals surface area contributed by atoms with Crippen LogP contribution in [0.2, 0.25) is 0 Å². The van der Waals surface area contributed by atoms with E-state index in [0.717, 1.165) is 0 Å². The first-order valence-electron chi connectivity index (χ1n) is 13.3. The summed E-state index contributed by atoms with van der Waals surface area (Å²) in [7, 11) is 0. The first-order chi connectivity index (χ1) is 18.8. The van der Waals surface area contributed by atoms with Crippen molar-refractivity contribution in [1.29, 1.82) is 0 Å². The van der Waals surface area contributed by atoms with Gasteiger partial charge in [0, 0.05) is 0 Å². The van der Waals surface area contributed by atoms with Crippen molar-refractivity contribution in [1.82, 2.24) is 0 Å². The van der Waals surface area contributed by atoms with E-state index in [1.807, 2.05) is 0 Å². The molecule has 0 unspecified atom stereocenters. The molecule has 0 fully saturated rings. The second-order valence-electron chi connectivity index (χ2n) is 10.5. The Morgan fingerprint density at radius 1 is 0.263 bits per heavy atom. The van der Waals surface area contributed by atoms with Crippen molar-refractivity contribution >= 4 is 43.1 Å². The van der Waals surface area contributed by atoms with E-state index in [1.54, 1.807) is 0 Å². The highest BCUT2D eigenvalue weighted by atomic mass is 14.2.